The summed E-state index contributed by atoms with van der Waals surface area (Å²) in [5.41, 5.74) is -0.970. The molecule has 0 bridgehead atoms. The minimum atomic E-state index is -0.970. The van der Waals surface area contributed by atoms with E-state index in [1.54, 1.807) is 4.90 Å². The lowest BCUT2D eigenvalue weighted by Crippen LogP contribution is -2.52. The number of carboxylic acid groups (broad SMARTS) is 1. The Kier molecular flexibility index (Phi) is 5.59. The number of aliphatic carboxylic acids is 1. The smallest absolute Gasteiger partial charge is 0.329 e. The van der Waals surface area contributed by atoms with E-state index in [1.807, 2.05) is 13.8 Å². The number of rotatable bonds is 7. The van der Waals surface area contributed by atoms with Crippen molar-refractivity contribution in [2.45, 2.75) is 51.5 Å². The van der Waals surface area contributed by atoms with Crippen LogP contribution in [-0.2, 0) is 14.3 Å². The van der Waals surface area contributed by atoms with Crippen LogP contribution in [0.4, 0.5) is 0 Å². The second kappa shape index (κ2) is 6.73. The lowest BCUT2D eigenvalue weighted by molar-refractivity contribution is -0.157. The highest BCUT2D eigenvalue weighted by molar-refractivity contribution is 5.87. The summed E-state index contributed by atoms with van der Waals surface area (Å²) in [4.78, 5) is 25.1. The lowest BCUT2D eigenvalue weighted by atomic mass is 9.92. The van der Waals surface area contributed by atoms with Crippen molar-refractivity contribution in [3.63, 3.8) is 0 Å². The van der Waals surface area contributed by atoms with Crippen LogP contribution in [0.5, 0.6) is 0 Å². The summed E-state index contributed by atoms with van der Waals surface area (Å²) in [6.45, 7) is 5.51. The van der Waals surface area contributed by atoms with Crippen LogP contribution in [0.2, 0.25) is 0 Å². The van der Waals surface area contributed by atoms with Crippen molar-refractivity contribution in [3.05, 3.63) is 0 Å². The molecule has 1 heterocycles. The largest absolute Gasteiger partial charge is 0.479 e. The van der Waals surface area contributed by atoms with Crippen LogP contribution in [0.1, 0.15) is 46.0 Å². The quantitative estimate of drug-likeness (QED) is 0.704. The summed E-state index contributed by atoms with van der Waals surface area (Å²) in [6.07, 6.45) is 2.84. The van der Waals surface area contributed by atoms with Crippen LogP contribution in [0.3, 0.4) is 0 Å². The Bertz CT molecular complexity index is 305. The average Bonchev–Trinajstić information content (AvgIpc) is 2.79. The molecule has 1 aliphatic heterocycles. The van der Waals surface area contributed by atoms with Crippen LogP contribution in [-0.4, -0.2) is 47.2 Å². The van der Waals surface area contributed by atoms with E-state index in [9.17, 15) is 14.7 Å². The zero-order chi connectivity index (χ0) is 13.6. The third-order valence-corrected chi connectivity index (χ3v) is 3.66. The number of amides is 1. The Morgan fingerprint density at radius 1 is 1.39 bits per heavy atom. The van der Waals surface area contributed by atoms with Crippen LogP contribution >= 0.6 is 0 Å². The molecule has 0 aromatic rings. The molecular weight excluding hydrogens is 234 g/mol. The molecule has 18 heavy (non-hydrogen) atoms. The Labute approximate surface area is 108 Å². The molecule has 1 atom stereocenters. The van der Waals surface area contributed by atoms with Gasteiger partial charge in [-0.05, 0) is 32.6 Å². The Balaban J connectivity index is 2.58. The number of carbonyl (C=O) groups excluding carboxylic acids is 1. The fourth-order valence-corrected chi connectivity index (χ4v) is 2.59. The second-order valence-electron chi connectivity index (χ2n) is 4.64. The van der Waals surface area contributed by atoms with Crippen molar-refractivity contribution in [2.75, 3.05) is 19.8 Å². The molecule has 0 radical (unpaired) electrons. The Hall–Kier alpha value is -1.10. The summed E-state index contributed by atoms with van der Waals surface area (Å²) in [5, 5.41) is 9.37. The third kappa shape index (κ3) is 3.02. The van der Waals surface area contributed by atoms with E-state index in [4.69, 9.17) is 4.74 Å². The minimum Gasteiger partial charge on any atom is -0.479 e. The van der Waals surface area contributed by atoms with Crippen molar-refractivity contribution in [2.24, 2.45) is 0 Å². The molecule has 104 valence electrons. The lowest BCUT2D eigenvalue weighted by Gasteiger charge is -2.34. The van der Waals surface area contributed by atoms with Gasteiger partial charge in [0.25, 0.3) is 0 Å². The van der Waals surface area contributed by atoms with E-state index in [-0.39, 0.29) is 5.91 Å². The maximum absolute atomic E-state index is 12.1. The van der Waals surface area contributed by atoms with Crippen LogP contribution in [0, 0.1) is 0 Å². The average molecular weight is 257 g/mol. The van der Waals surface area contributed by atoms with Gasteiger partial charge >= 0.3 is 5.97 Å². The van der Waals surface area contributed by atoms with Gasteiger partial charge in [0.05, 0.1) is 0 Å². The molecule has 0 saturated carbocycles. The van der Waals surface area contributed by atoms with Crippen molar-refractivity contribution in [1.82, 2.24) is 4.90 Å². The molecule has 1 fully saturated rings. The first-order chi connectivity index (χ1) is 8.58. The van der Waals surface area contributed by atoms with E-state index < -0.39 is 11.5 Å². The van der Waals surface area contributed by atoms with Crippen LogP contribution in [0.25, 0.3) is 0 Å². The van der Waals surface area contributed by atoms with Crippen molar-refractivity contribution in [1.29, 1.82) is 0 Å². The summed E-state index contributed by atoms with van der Waals surface area (Å²) >= 11 is 0. The van der Waals surface area contributed by atoms with Gasteiger partial charge in [0.1, 0.15) is 5.54 Å². The van der Waals surface area contributed by atoms with Gasteiger partial charge in [-0.15, -0.1) is 0 Å². The number of ether oxygens (including phenoxy) is 1. The van der Waals surface area contributed by atoms with Gasteiger partial charge in [0, 0.05) is 26.2 Å². The van der Waals surface area contributed by atoms with Crippen molar-refractivity contribution >= 4 is 11.9 Å². The predicted molar refractivity (Wildman–Crippen MR) is 67.3 cm³/mol. The number of hydrogen-bond acceptors (Lipinski definition) is 3. The summed E-state index contributed by atoms with van der Waals surface area (Å²) < 4.78 is 5.19. The van der Waals surface area contributed by atoms with E-state index in [2.05, 4.69) is 0 Å². The van der Waals surface area contributed by atoms with Crippen LogP contribution in [0.15, 0.2) is 0 Å². The minimum absolute atomic E-state index is 0.0588. The molecular formula is C13H23NO4. The number of likely N-dealkylation sites (tertiary alicyclic amines) is 1. The molecule has 0 aliphatic carbocycles. The number of hydrogen-bond donors (Lipinski definition) is 1. The zero-order valence-electron chi connectivity index (χ0n) is 11.3. The van der Waals surface area contributed by atoms with Gasteiger partial charge in [0.2, 0.25) is 5.91 Å². The SMILES string of the molecule is CCOCCCC(=O)N1CCCC1(CC)C(=O)O. The van der Waals surface area contributed by atoms with Gasteiger partial charge < -0.3 is 14.7 Å². The Morgan fingerprint density at radius 3 is 2.67 bits per heavy atom. The van der Waals surface area contributed by atoms with Crippen LogP contribution < -0.4 is 0 Å². The summed E-state index contributed by atoms with van der Waals surface area (Å²) in [5.74, 6) is -0.933. The van der Waals surface area contributed by atoms with Gasteiger partial charge in [-0.25, -0.2) is 4.79 Å². The molecule has 5 heteroatoms. The first-order valence-electron chi connectivity index (χ1n) is 6.70. The normalized spacial score (nSPS) is 23.3. The molecule has 1 N–H and O–H groups in total. The molecule has 1 unspecified atom stereocenters. The maximum Gasteiger partial charge on any atom is 0.329 e. The molecule has 0 aromatic carbocycles. The fraction of sp³-hybridized carbons (Fsp3) is 0.846. The molecule has 1 amide bonds. The highest BCUT2D eigenvalue weighted by Crippen LogP contribution is 2.33. The van der Waals surface area contributed by atoms with E-state index in [0.29, 0.717) is 45.4 Å². The predicted octanol–water partition coefficient (Wildman–Crippen LogP) is 1.66. The second-order valence-corrected chi connectivity index (χ2v) is 4.64. The van der Waals surface area contributed by atoms with Crippen molar-refractivity contribution < 1.29 is 19.4 Å². The standard InChI is InChI=1S/C13H23NO4/c1-3-13(12(16)17)8-6-9-14(13)11(15)7-5-10-18-4-2/h3-10H2,1-2H3,(H,16,17). The summed E-state index contributed by atoms with van der Waals surface area (Å²) in [6, 6.07) is 0. The highest BCUT2D eigenvalue weighted by Gasteiger charge is 2.48. The molecule has 0 spiro atoms. The molecule has 0 aromatic heterocycles. The van der Waals surface area contributed by atoms with Gasteiger partial charge in [0.15, 0.2) is 0 Å². The summed E-state index contributed by atoms with van der Waals surface area (Å²) in [7, 11) is 0. The maximum atomic E-state index is 12.1. The number of carbonyl (C=O) groups is 2. The monoisotopic (exact) mass is 257 g/mol. The third-order valence-electron chi connectivity index (χ3n) is 3.66. The van der Waals surface area contributed by atoms with E-state index in [0.717, 1.165) is 6.42 Å². The molecule has 5 nitrogen and oxygen atoms in total. The number of carboxylic acids is 1. The van der Waals surface area contributed by atoms with Gasteiger partial charge in [-0.3, -0.25) is 4.79 Å². The topological polar surface area (TPSA) is 66.8 Å². The van der Waals surface area contributed by atoms with Crippen molar-refractivity contribution in [3.8, 4) is 0 Å². The molecule has 1 aliphatic rings. The first kappa shape index (κ1) is 15.0. The van der Waals surface area contributed by atoms with E-state index >= 15 is 0 Å². The molecule has 1 saturated heterocycles. The van der Waals surface area contributed by atoms with E-state index in [1.165, 1.54) is 0 Å². The van der Waals surface area contributed by atoms with Gasteiger partial charge in [-0.1, -0.05) is 6.92 Å². The fourth-order valence-electron chi connectivity index (χ4n) is 2.59. The van der Waals surface area contributed by atoms with Gasteiger partial charge in [-0.2, -0.15) is 0 Å². The Morgan fingerprint density at radius 2 is 2.11 bits per heavy atom. The highest BCUT2D eigenvalue weighted by atomic mass is 16.5. The number of nitrogens with zero attached hydrogens (tertiary/aromatic N) is 1. The molecule has 1 rings (SSSR count). The zero-order valence-corrected chi connectivity index (χ0v) is 11.3. The first-order valence-corrected chi connectivity index (χ1v) is 6.70.